The summed E-state index contributed by atoms with van der Waals surface area (Å²) in [4.78, 5) is 23.7. The molecule has 0 saturated carbocycles. The first kappa shape index (κ1) is 14.4. The first-order chi connectivity index (χ1) is 9.70. The monoisotopic (exact) mass is 270 g/mol. The quantitative estimate of drug-likeness (QED) is 0.440. The number of carbonyl (C=O) groups is 2. The van der Waals surface area contributed by atoms with Crippen LogP contribution in [0.5, 0.6) is 0 Å². The lowest BCUT2D eigenvalue weighted by Crippen LogP contribution is -2.10. The van der Waals surface area contributed by atoms with Crippen molar-refractivity contribution in [3.8, 4) is 0 Å². The van der Waals surface area contributed by atoms with Gasteiger partial charge in [-0.15, -0.1) is 0 Å². The highest BCUT2D eigenvalue weighted by Gasteiger charge is 2.12. The first-order valence-electron chi connectivity index (χ1n) is 6.82. The van der Waals surface area contributed by atoms with E-state index in [1.807, 2.05) is 43.3 Å². The maximum Gasteiger partial charge on any atom is 0.170 e. The SMILES string of the molecule is CCOCCC(=O)CC(=O)c1ccc2ccccc2c1. The molecule has 3 heteroatoms. The predicted molar refractivity (Wildman–Crippen MR) is 79.0 cm³/mol. The van der Waals surface area contributed by atoms with E-state index in [0.717, 1.165) is 10.8 Å². The Bertz CT molecular complexity index is 616. The summed E-state index contributed by atoms with van der Waals surface area (Å²) < 4.78 is 5.12. The Hall–Kier alpha value is -2.00. The van der Waals surface area contributed by atoms with Gasteiger partial charge >= 0.3 is 0 Å². The zero-order chi connectivity index (χ0) is 14.4. The fourth-order valence-corrected chi connectivity index (χ4v) is 2.06. The van der Waals surface area contributed by atoms with Crippen molar-refractivity contribution in [3.63, 3.8) is 0 Å². The molecule has 0 amide bonds. The van der Waals surface area contributed by atoms with E-state index in [4.69, 9.17) is 4.74 Å². The van der Waals surface area contributed by atoms with E-state index in [2.05, 4.69) is 0 Å². The van der Waals surface area contributed by atoms with E-state index >= 15 is 0 Å². The third kappa shape index (κ3) is 3.75. The van der Waals surface area contributed by atoms with Crippen molar-refractivity contribution in [2.45, 2.75) is 19.8 Å². The third-order valence-electron chi connectivity index (χ3n) is 3.16. The molecule has 0 heterocycles. The Labute approximate surface area is 118 Å². The van der Waals surface area contributed by atoms with Crippen molar-refractivity contribution in [3.05, 3.63) is 48.0 Å². The van der Waals surface area contributed by atoms with Crippen LogP contribution >= 0.6 is 0 Å². The highest BCUT2D eigenvalue weighted by molar-refractivity contribution is 6.09. The smallest absolute Gasteiger partial charge is 0.170 e. The van der Waals surface area contributed by atoms with E-state index in [1.54, 1.807) is 6.07 Å². The van der Waals surface area contributed by atoms with Crippen LogP contribution < -0.4 is 0 Å². The Balaban J connectivity index is 2.02. The molecule has 0 aliphatic carbocycles. The second kappa shape index (κ2) is 6.96. The van der Waals surface area contributed by atoms with Gasteiger partial charge in [-0.05, 0) is 23.8 Å². The number of ether oxygens (including phenoxy) is 1. The highest BCUT2D eigenvalue weighted by Crippen LogP contribution is 2.16. The van der Waals surface area contributed by atoms with E-state index in [1.165, 1.54) is 0 Å². The summed E-state index contributed by atoms with van der Waals surface area (Å²) in [5.41, 5.74) is 0.591. The second-order valence-corrected chi connectivity index (χ2v) is 4.65. The number of hydrogen-bond acceptors (Lipinski definition) is 3. The van der Waals surface area contributed by atoms with Gasteiger partial charge in [0.2, 0.25) is 0 Å². The highest BCUT2D eigenvalue weighted by atomic mass is 16.5. The molecule has 0 fully saturated rings. The van der Waals surface area contributed by atoms with Crippen molar-refractivity contribution in [2.75, 3.05) is 13.2 Å². The van der Waals surface area contributed by atoms with Crippen LogP contribution in [0.4, 0.5) is 0 Å². The Morgan fingerprint density at radius 2 is 1.80 bits per heavy atom. The van der Waals surface area contributed by atoms with Crippen LogP contribution in [-0.4, -0.2) is 24.8 Å². The zero-order valence-electron chi connectivity index (χ0n) is 11.6. The van der Waals surface area contributed by atoms with Gasteiger partial charge in [0.15, 0.2) is 5.78 Å². The molecular formula is C17H18O3. The van der Waals surface area contributed by atoms with Gasteiger partial charge in [-0.3, -0.25) is 9.59 Å². The lowest BCUT2D eigenvalue weighted by molar-refractivity contribution is -0.119. The van der Waals surface area contributed by atoms with Crippen LogP contribution in [0.2, 0.25) is 0 Å². The molecule has 2 rings (SSSR count). The summed E-state index contributed by atoms with van der Waals surface area (Å²) in [6.07, 6.45) is 0.249. The second-order valence-electron chi connectivity index (χ2n) is 4.65. The van der Waals surface area contributed by atoms with Gasteiger partial charge < -0.3 is 4.74 Å². The lowest BCUT2D eigenvalue weighted by atomic mass is 10.0. The topological polar surface area (TPSA) is 43.4 Å². The Morgan fingerprint density at radius 1 is 1.05 bits per heavy atom. The molecular weight excluding hydrogens is 252 g/mol. The van der Waals surface area contributed by atoms with Crippen LogP contribution in [0, 0.1) is 0 Å². The molecule has 104 valence electrons. The minimum atomic E-state index is -0.128. The molecule has 0 saturated heterocycles. The molecule has 20 heavy (non-hydrogen) atoms. The van der Waals surface area contributed by atoms with Crippen LogP contribution in [0.25, 0.3) is 10.8 Å². The van der Waals surface area contributed by atoms with Gasteiger partial charge in [-0.25, -0.2) is 0 Å². The predicted octanol–water partition coefficient (Wildman–Crippen LogP) is 3.41. The third-order valence-corrected chi connectivity index (χ3v) is 3.16. The minimum Gasteiger partial charge on any atom is -0.381 e. The molecule has 0 aliphatic rings. The number of hydrogen-bond donors (Lipinski definition) is 0. The van der Waals surface area contributed by atoms with Gasteiger partial charge in [-0.2, -0.15) is 0 Å². The molecule has 2 aromatic carbocycles. The van der Waals surface area contributed by atoms with Gasteiger partial charge in [0.1, 0.15) is 5.78 Å². The van der Waals surface area contributed by atoms with Crippen LogP contribution in [0.1, 0.15) is 30.1 Å². The van der Waals surface area contributed by atoms with Crippen molar-refractivity contribution >= 4 is 22.3 Å². The number of ketones is 2. The summed E-state index contributed by atoms with van der Waals surface area (Å²) in [6.45, 7) is 2.86. The molecule has 0 N–H and O–H groups in total. The summed E-state index contributed by atoms with van der Waals surface area (Å²) in [6, 6.07) is 13.4. The van der Waals surface area contributed by atoms with Gasteiger partial charge in [0, 0.05) is 18.6 Å². The average Bonchev–Trinajstić information content (AvgIpc) is 2.47. The van der Waals surface area contributed by atoms with Crippen molar-refractivity contribution in [1.82, 2.24) is 0 Å². The minimum absolute atomic E-state index is 0.0502. The number of fused-ring (bicyclic) bond motifs is 1. The Kier molecular flexibility index (Phi) is 5.02. The first-order valence-corrected chi connectivity index (χ1v) is 6.82. The summed E-state index contributed by atoms with van der Waals surface area (Å²) in [5.74, 6) is -0.200. The largest absolute Gasteiger partial charge is 0.381 e. The number of carbonyl (C=O) groups excluding carboxylic acids is 2. The van der Waals surface area contributed by atoms with Crippen molar-refractivity contribution in [2.24, 2.45) is 0 Å². The molecule has 2 aromatic rings. The van der Waals surface area contributed by atoms with Crippen molar-refractivity contribution < 1.29 is 14.3 Å². The molecule has 0 aromatic heterocycles. The van der Waals surface area contributed by atoms with E-state index < -0.39 is 0 Å². The zero-order valence-corrected chi connectivity index (χ0v) is 11.6. The molecule has 3 nitrogen and oxygen atoms in total. The molecule has 0 atom stereocenters. The molecule has 0 spiro atoms. The van der Waals surface area contributed by atoms with Crippen LogP contribution in [-0.2, 0) is 9.53 Å². The number of Topliss-reactive ketones (excluding diaryl/α,β-unsaturated/α-hetero) is 2. The Morgan fingerprint density at radius 3 is 2.55 bits per heavy atom. The molecule has 0 bridgehead atoms. The number of rotatable bonds is 7. The fourth-order valence-electron chi connectivity index (χ4n) is 2.06. The van der Waals surface area contributed by atoms with Crippen LogP contribution in [0.3, 0.4) is 0 Å². The van der Waals surface area contributed by atoms with Gasteiger partial charge in [0.25, 0.3) is 0 Å². The van der Waals surface area contributed by atoms with Gasteiger partial charge in [0.05, 0.1) is 13.0 Å². The average molecular weight is 270 g/mol. The summed E-state index contributed by atoms with van der Waals surface area (Å²) >= 11 is 0. The maximum atomic E-state index is 12.1. The molecule has 0 aliphatic heterocycles. The van der Waals surface area contributed by atoms with E-state index in [9.17, 15) is 9.59 Å². The fraction of sp³-hybridized carbons (Fsp3) is 0.294. The number of benzene rings is 2. The van der Waals surface area contributed by atoms with E-state index in [0.29, 0.717) is 25.2 Å². The van der Waals surface area contributed by atoms with Gasteiger partial charge in [-0.1, -0.05) is 36.4 Å². The maximum absolute atomic E-state index is 12.1. The van der Waals surface area contributed by atoms with Crippen LogP contribution in [0.15, 0.2) is 42.5 Å². The molecule has 0 unspecified atom stereocenters. The standard InChI is InChI=1S/C17H18O3/c1-2-20-10-9-16(18)12-17(19)15-8-7-13-5-3-4-6-14(13)11-15/h3-8,11H,2,9-10,12H2,1H3. The molecule has 0 radical (unpaired) electrons. The van der Waals surface area contributed by atoms with Crippen molar-refractivity contribution in [1.29, 1.82) is 0 Å². The normalized spacial score (nSPS) is 10.7. The van der Waals surface area contributed by atoms with E-state index in [-0.39, 0.29) is 18.0 Å². The summed E-state index contributed by atoms with van der Waals surface area (Å²) in [7, 11) is 0. The summed E-state index contributed by atoms with van der Waals surface area (Å²) in [5, 5.41) is 2.10. The lowest BCUT2D eigenvalue weighted by Gasteiger charge is -2.03.